The lowest BCUT2D eigenvalue weighted by molar-refractivity contribution is -0.145. The Kier molecular flexibility index (Phi) is 10.6. The average molecular weight is 571 g/mol. The first kappa shape index (κ1) is 30.6. The molecule has 1 fully saturated rings. The Hall–Kier alpha value is -2.85. The lowest BCUT2D eigenvalue weighted by atomic mass is 9.60. The van der Waals surface area contributed by atoms with E-state index in [1.54, 1.807) is 0 Å². The number of fused-ring (bicyclic) bond motifs is 3. The van der Waals surface area contributed by atoms with Crippen molar-refractivity contribution in [3.63, 3.8) is 0 Å². The maximum Gasteiger partial charge on any atom is 0.307 e. The molecular weight excluding hydrogens is 520 g/mol. The van der Waals surface area contributed by atoms with Crippen LogP contribution in [0.15, 0.2) is 72.8 Å². The zero-order chi connectivity index (χ0) is 29.4. The molecule has 0 aliphatic heterocycles. The molecule has 226 valence electrons. The van der Waals surface area contributed by atoms with E-state index in [-0.39, 0.29) is 0 Å². The zero-order valence-corrected chi connectivity index (χ0v) is 25.2. The fourth-order valence-electron chi connectivity index (χ4n) is 8.25. The number of benzene rings is 2. The van der Waals surface area contributed by atoms with Gasteiger partial charge in [0.25, 0.3) is 0 Å². The van der Waals surface area contributed by atoms with Crippen LogP contribution in [0.5, 0.6) is 5.75 Å². The summed E-state index contributed by atoms with van der Waals surface area (Å²) in [6.07, 6.45) is 23.8. The van der Waals surface area contributed by atoms with Gasteiger partial charge in [0.05, 0.1) is 12.0 Å². The Morgan fingerprint density at radius 1 is 0.905 bits per heavy atom. The van der Waals surface area contributed by atoms with Crippen LogP contribution in [-0.2, 0) is 16.6 Å². The lowest BCUT2D eigenvalue weighted by Gasteiger charge is -2.44. The van der Waals surface area contributed by atoms with Crippen molar-refractivity contribution in [2.24, 2.45) is 17.8 Å². The van der Waals surface area contributed by atoms with Gasteiger partial charge in [-0.25, -0.2) is 0 Å². The highest BCUT2D eigenvalue weighted by molar-refractivity contribution is 5.73. The van der Waals surface area contributed by atoms with Crippen LogP contribution in [0.1, 0.15) is 112 Å². The summed E-state index contributed by atoms with van der Waals surface area (Å²) in [4.78, 5) is 12.7. The van der Waals surface area contributed by atoms with E-state index in [0.717, 1.165) is 50.0 Å². The maximum atomic E-state index is 12.7. The van der Waals surface area contributed by atoms with Gasteiger partial charge < -0.3 is 15.3 Å². The van der Waals surface area contributed by atoms with E-state index in [1.807, 2.05) is 12.1 Å². The first-order valence-corrected chi connectivity index (χ1v) is 16.6. The molecule has 2 aromatic carbocycles. The second-order valence-corrected chi connectivity index (χ2v) is 13.4. The Labute approximate surface area is 252 Å². The molecule has 0 amide bonds. The van der Waals surface area contributed by atoms with Crippen molar-refractivity contribution in [1.82, 2.24) is 0 Å². The number of carboxylic acids is 1. The van der Waals surface area contributed by atoms with Crippen molar-refractivity contribution in [3.8, 4) is 5.75 Å². The lowest BCUT2D eigenvalue weighted by Crippen LogP contribution is -2.45. The molecular formula is C38H50O4. The summed E-state index contributed by atoms with van der Waals surface area (Å²) in [7, 11) is 0. The average Bonchev–Trinajstić information content (AvgIpc) is 3.50. The molecule has 2 aromatic rings. The van der Waals surface area contributed by atoms with Gasteiger partial charge in [-0.1, -0.05) is 86.4 Å². The third-order valence-corrected chi connectivity index (χ3v) is 10.6. The number of unbranched alkanes of at least 4 members (excludes halogenated alkanes) is 3. The van der Waals surface area contributed by atoms with Gasteiger partial charge in [-0.3, -0.25) is 4.79 Å². The van der Waals surface area contributed by atoms with Gasteiger partial charge >= 0.3 is 5.97 Å². The van der Waals surface area contributed by atoms with Gasteiger partial charge in [0.2, 0.25) is 0 Å². The smallest absolute Gasteiger partial charge is 0.307 e. The molecule has 5 rings (SSSR count). The highest BCUT2D eigenvalue weighted by atomic mass is 16.4. The second-order valence-electron chi connectivity index (χ2n) is 13.4. The van der Waals surface area contributed by atoms with Crippen molar-refractivity contribution < 1.29 is 20.1 Å². The van der Waals surface area contributed by atoms with E-state index < -0.39 is 23.4 Å². The fourth-order valence-corrected chi connectivity index (χ4v) is 8.25. The Morgan fingerprint density at radius 2 is 1.69 bits per heavy atom. The highest BCUT2D eigenvalue weighted by Gasteiger charge is 2.47. The number of rotatable bonds is 9. The van der Waals surface area contributed by atoms with Crippen LogP contribution in [0.3, 0.4) is 0 Å². The van der Waals surface area contributed by atoms with Crippen molar-refractivity contribution >= 4 is 5.97 Å². The van der Waals surface area contributed by atoms with Gasteiger partial charge in [0.15, 0.2) is 0 Å². The number of aliphatic hydroxyl groups is 1. The minimum Gasteiger partial charge on any atom is -0.508 e. The number of hydrogen-bond acceptors (Lipinski definition) is 3. The summed E-state index contributed by atoms with van der Waals surface area (Å²) in [6.45, 7) is 0. The largest absolute Gasteiger partial charge is 0.508 e. The number of aromatic hydroxyl groups is 1. The molecule has 0 heterocycles. The molecule has 4 heteroatoms. The number of aliphatic hydroxyl groups excluding tert-OH is 1. The highest BCUT2D eigenvalue weighted by Crippen LogP contribution is 2.48. The number of phenolic OH excluding ortho intramolecular Hbond substituents is 1. The van der Waals surface area contributed by atoms with E-state index in [0.29, 0.717) is 30.4 Å². The molecule has 0 radical (unpaired) electrons. The number of hydrogen-bond donors (Lipinski definition) is 3. The summed E-state index contributed by atoms with van der Waals surface area (Å²) in [5.74, 6) is 0.501. The molecule has 0 aromatic heterocycles. The summed E-state index contributed by atoms with van der Waals surface area (Å²) < 4.78 is 0. The Balaban J connectivity index is 1.40. The number of phenols is 1. The maximum absolute atomic E-state index is 12.7. The molecule has 1 spiro atoms. The molecule has 3 aliphatic carbocycles. The predicted molar refractivity (Wildman–Crippen MR) is 170 cm³/mol. The van der Waals surface area contributed by atoms with E-state index in [2.05, 4.69) is 60.7 Å². The summed E-state index contributed by atoms with van der Waals surface area (Å²) in [6, 6.07) is 16.4. The number of aliphatic carboxylic acids is 1. The fraction of sp³-hybridized carbons (Fsp3) is 0.553. The molecule has 0 saturated heterocycles. The van der Waals surface area contributed by atoms with Crippen molar-refractivity contribution in [1.29, 1.82) is 0 Å². The van der Waals surface area contributed by atoms with Crippen LogP contribution in [-0.4, -0.2) is 27.4 Å². The van der Waals surface area contributed by atoms with Gasteiger partial charge in [0, 0.05) is 5.41 Å². The molecule has 6 atom stereocenters. The summed E-state index contributed by atoms with van der Waals surface area (Å²) in [5.41, 5.74) is 2.99. The standard InChI is InChI=1S/C38H50O4/c39-33-22-20-31(21-23-33)35-26-29-14-9-17-32(25-29)38(24-10-18-34(40)27-38)36(37(41)42)19-8-7-16-30(35)15-4-2-1-3-11-28-12-5-6-13-28/h5,7-9,12,14,17,20-23,25,28,30,34-36,39-40H,1-4,6,10-11,13,15-16,18-19,24,26-27H2,(H,41,42). The minimum absolute atomic E-state index is 0.292. The van der Waals surface area contributed by atoms with Crippen LogP contribution in [0, 0.1) is 17.8 Å². The first-order chi connectivity index (χ1) is 20.4. The molecule has 3 aliphatic rings. The predicted octanol–water partition coefficient (Wildman–Crippen LogP) is 8.87. The number of allylic oxidation sites excluding steroid dienone is 4. The molecule has 2 bridgehead atoms. The Bertz CT molecular complexity index is 1210. The topological polar surface area (TPSA) is 77.8 Å². The van der Waals surface area contributed by atoms with E-state index >= 15 is 0 Å². The van der Waals surface area contributed by atoms with Crippen molar-refractivity contribution in [3.05, 3.63) is 89.5 Å². The summed E-state index contributed by atoms with van der Waals surface area (Å²) in [5, 5.41) is 31.2. The van der Waals surface area contributed by atoms with E-state index in [4.69, 9.17) is 0 Å². The SMILES string of the molecule is O=C(O)C1CC=CCC(CCCCCCC2C=CCC2)C(c2ccc(O)cc2)Cc2cccc(c2)C12CCCC(O)C2. The molecule has 6 unspecified atom stereocenters. The number of carbonyl (C=O) groups is 1. The molecule has 1 saturated carbocycles. The second kappa shape index (κ2) is 14.6. The molecule has 3 N–H and O–H groups in total. The van der Waals surface area contributed by atoms with Crippen molar-refractivity contribution in [2.75, 3.05) is 0 Å². The van der Waals surface area contributed by atoms with Crippen LogP contribution >= 0.6 is 0 Å². The third-order valence-electron chi connectivity index (χ3n) is 10.6. The van der Waals surface area contributed by atoms with Gasteiger partial charge in [-0.05, 0) is 117 Å². The first-order valence-electron chi connectivity index (χ1n) is 16.6. The van der Waals surface area contributed by atoms with Gasteiger partial charge in [-0.15, -0.1) is 0 Å². The minimum atomic E-state index is -0.761. The van der Waals surface area contributed by atoms with Crippen molar-refractivity contribution in [2.45, 2.75) is 114 Å². The van der Waals surface area contributed by atoms with Crippen LogP contribution in [0.4, 0.5) is 0 Å². The third kappa shape index (κ3) is 7.56. The number of carboxylic acid groups (broad SMARTS) is 1. The van der Waals surface area contributed by atoms with E-state index in [1.165, 1.54) is 56.1 Å². The van der Waals surface area contributed by atoms with E-state index in [9.17, 15) is 20.1 Å². The quantitative estimate of drug-likeness (QED) is 0.208. The zero-order valence-electron chi connectivity index (χ0n) is 25.2. The van der Waals surface area contributed by atoms with Gasteiger partial charge in [-0.2, -0.15) is 0 Å². The van der Waals surface area contributed by atoms with Crippen LogP contribution in [0.2, 0.25) is 0 Å². The van der Waals surface area contributed by atoms with Crippen LogP contribution < -0.4 is 0 Å². The van der Waals surface area contributed by atoms with Crippen LogP contribution in [0.25, 0.3) is 0 Å². The van der Waals surface area contributed by atoms with Gasteiger partial charge in [0.1, 0.15) is 5.75 Å². The summed E-state index contributed by atoms with van der Waals surface area (Å²) >= 11 is 0. The monoisotopic (exact) mass is 570 g/mol. The normalized spacial score (nSPS) is 29.7. The molecule has 42 heavy (non-hydrogen) atoms. The molecule has 4 nitrogen and oxygen atoms in total. The Morgan fingerprint density at radius 3 is 2.43 bits per heavy atom.